The van der Waals surface area contributed by atoms with Gasteiger partial charge in [-0.3, -0.25) is 4.84 Å². The van der Waals surface area contributed by atoms with Crippen LogP contribution in [0.2, 0.25) is 0 Å². The van der Waals surface area contributed by atoms with E-state index in [9.17, 15) is 0 Å². The Bertz CT molecular complexity index is 646. The molecule has 0 aliphatic rings. The molecule has 2 aromatic rings. The van der Waals surface area contributed by atoms with Crippen LogP contribution in [-0.2, 0) is 26.1 Å². The zero-order valence-electron chi connectivity index (χ0n) is 14.1. The number of oxime groups is 1. The third-order valence-electron chi connectivity index (χ3n) is 3.38. The van der Waals surface area contributed by atoms with Crippen LogP contribution >= 0.6 is 0 Å². The van der Waals surface area contributed by atoms with Crippen LogP contribution in [0.15, 0.2) is 59.8 Å². The molecule has 0 aliphatic heterocycles. The molecule has 0 saturated carbocycles. The smallest absolute Gasteiger partial charge is 0.178 e. The lowest BCUT2D eigenvalue weighted by Crippen LogP contribution is -2.25. The third-order valence-corrected chi connectivity index (χ3v) is 3.38. The number of hydroxylamine groups is 1. The standard InChI is InChI=1S/C18H22N2O4/c1-15(16-9-5-4-6-10-16)19-23-13-17-11-7-8-12-18(17)20(21-2)14-24-22-3/h4-12H,13-14H2,1-3H3/b19-15+. The predicted octanol–water partition coefficient (Wildman–Crippen LogP) is 3.53. The Morgan fingerprint density at radius 2 is 1.71 bits per heavy atom. The second-order valence-corrected chi connectivity index (χ2v) is 4.92. The van der Waals surface area contributed by atoms with Crippen molar-refractivity contribution in [1.29, 1.82) is 0 Å². The van der Waals surface area contributed by atoms with Gasteiger partial charge in [0.1, 0.15) is 6.61 Å². The molecule has 0 radical (unpaired) electrons. The average Bonchev–Trinajstić information content (AvgIpc) is 2.64. The summed E-state index contributed by atoms with van der Waals surface area (Å²) in [5.74, 6) is 0. The number of benzene rings is 2. The Balaban J connectivity index is 2.05. The average molecular weight is 330 g/mol. The van der Waals surface area contributed by atoms with Crippen molar-refractivity contribution in [2.75, 3.05) is 26.0 Å². The second-order valence-electron chi connectivity index (χ2n) is 4.92. The van der Waals surface area contributed by atoms with Crippen LogP contribution in [-0.4, -0.2) is 26.7 Å². The van der Waals surface area contributed by atoms with Crippen LogP contribution in [0, 0.1) is 0 Å². The highest BCUT2D eigenvalue weighted by Gasteiger charge is 2.11. The number of hydrogen-bond acceptors (Lipinski definition) is 6. The highest BCUT2D eigenvalue weighted by molar-refractivity contribution is 5.98. The summed E-state index contributed by atoms with van der Waals surface area (Å²) in [4.78, 5) is 20.4. The Morgan fingerprint density at radius 3 is 2.42 bits per heavy atom. The maximum Gasteiger partial charge on any atom is 0.178 e. The van der Waals surface area contributed by atoms with Crippen molar-refractivity contribution in [3.8, 4) is 0 Å². The van der Waals surface area contributed by atoms with Gasteiger partial charge in [0.25, 0.3) is 0 Å². The third kappa shape index (κ3) is 5.06. The summed E-state index contributed by atoms with van der Waals surface area (Å²) in [6.07, 6.45) is 0. The van der Waals surface area contributed by atoms with Crippen molar-refractivity contribution in [1.82, 2.24) is 0 Å². The highest BCUT2D eigenvalue weighted by Crippen LogP contribution is 2.21. The first-order chi connectivity index (χ1) is 11.8. The largest absolute Gasteiger partial charge is 0.391 e. The van der Waals surface area contributed by atoms with Gasteiger partial charge in [0.2, 0.25) is 0 Å². The van der Waals surface area contributed by atoms with Crippen molar-refractivity contribution in [3.05, 3.63) is 65.7 Å². The first-order valence-corrected chi connectivity index (χ1v) is 7.53. The van der Waals surface area contributed by atoms with Crippen LogP contribution in [0.25, 0.3) is 0 Å². The van der Waals surface area contributed by atoms with E-state index in [1.54, 1.807) is 12.2 Å². The van der Waals surface area contributed by atoms with E-state index >= 15 is 0 Å². The monoisotopic (exact) mass is 330 g/mol. The lowest BCUT2D eigenvalue weighted by molar-refractivity contribution is -0.280. The molecule has 0 heterocycles. The van der Waals surface area contributed by atoms with Gasteiger partial charge in [0.05, 0.1) is 25.6 Å². The molecule has 0 spiro atoms. The van der Waals surface area contributed by atoms with Crippen molar-refractivity contribution < 1.29 is 19.5 Å². The van der Waals surface area contributed by atoms with Crippen LogP contribution in [0.3, 0.4) is 0 Å². The molecule has 0 amide bonds. The van der Waals surface area contributed by atoms with Crippen molar-refractivity contribution in [2.24, 2.45) is 5.16 Å². The molecule has 0 aromatic heterocycles. The van der Waals surface area contributed by atoms with Crippen molar-refractivity contribution >= 4 is 11.4 Å². The minimum absolute atomic E-state index is 0.135. The molecular weight excluding hydrogens is 308 g/mol. The van der Waals surface area contributed by atoms with E-state index in [1.165, 1.54) is 7.11 Å². The SMILES string of the molecule is COOCN(OC)c1ccccc1CO/N=C(\C)c1ccccc1. The summed E-state index contributed by atoms with van der Waals surface area (Å²) in [6, 6.07) is 17.6. The van der Waals surface area contributed by atoms with Gasteiger partial charge in [0, 0.05) is 5.56 Å². The highest BCUT2D eigenvalue weighted by atomic mass is 17.2. The normalized spacial score (nSPS) is 11.4. The summed E-state index contributed by atoms with van der Waals surface area (Å²) in [7, 11) is 3.01. The fourth-order valence-electron chi connectivity index (χ4n) is 2.13. The zero-order valence-corrected chi connectivity index (χ0v) is 14.1. The molecule has 2 aromatic carbocycles. The molecular formula is C18H22N2O4. The fourth-order valence-corrected chi connectivity index (χ4v) is 2.13. The summed E-state index contributed by atoms with van der Waals surface area (Å²) >= 11 is 0. The lowest BCUT2D eigenvalue weighted by atomic mass is 10.1. The van der Waals surface area contributed by atoms with Crippen LogP contribution in [0.4, 0.5) is 5.69 Å². The van der Waals surface area contributed by atoms with E-state index in [2.05, 4.69) is 10.0 Å². The van der Waals surface area contributed by atoms with E-state index in [0.717, 1.165) is 22.5 Å². The van der Waals surface area contributed by atoms with Gasteiger partial charge in [-0.05, 0) is 18.6 Å². The van der Waals surface area contributed by atoms with Crippen molar-refractivity contribution in [2.45, 2.75) is 13.5 Å². The van der Waals surface area contributed by atoms with E-state index in [0.29, 0.717) is 6.61 Å². The summed E-state index contributed by atoms with van der Waals surface area (Å²) < 4.78 is 0. The van der Waals surface area contributed by atoms with E-state index in [-0.39, 0.29) is 6.73 Å². The van der Waals surface area contributed by atoms with Gasteiger partial charge in [-0.2, -0.15) is 0 Å². The predicted molar refractivity (Wildman–Crippen MR) is 92.3 cm³/mol. The minimum Gasteiger partial charge on any atom is -0.391 e. The molecule has 128 valence electrons. The maximum absolute atomic E-state index is 5.51. The molecule has 6 nitrogen and oxygen atoms in total. The summed E-state index contributed by atoms with van der Waals surface area (Å²) in [5, 5.41) is 5.74. The summed E-state index contributed by atoms with van der Waals surface area (Å²) in [5.41, 5.74) is 3.59. The van der Waals surface area contributed by atoms with Gasteiger partial charge in [-0.1, -0.05) is 53.7 Å². The van der Waals surface area contributed by atoms with Gasteiger partial charge in [0.15, 0.2) is 6.73 Å². The summed E-state index contributed by atoms with van der Waals surface area (Å²) in [6.45, 7) is 2.36. The number of hydrogen-bond donors (Lipinski definition) is 0. The molecule has 24 heavy (non-hydrogen) atoms. The molecule has 0 fully saturated rings. The van der Waals surface area contributed by atoms with Gasteiger partial charge in [-0.15, -0.1) is 0 Å². The van der Waals surface area contributed by atoms with E-state index in [4.69, 9.17) is 14.6 Å². The van der Waals surface area contributed by atoms with E-state index in [1.807, 2.05) is 61.5 Å². The number of anilines is 1. The molecule has 2 rings (SSSR count). The first-order valence-electron chi connectivity index (χ1n) is 7.53. The van der Waals surface area contributed by atoms with Crippen molar-refractivity contribution in [3.63, 3.8) is 0 Å². The Morgan fingerprint density at radius 1 is 1.00 bits per heavy atom. The second kappa shape index (κ2) is 9.67. The molecule has 0 aliphatic carbocycles. The Labute approximate surface area is 142 Å². The van der Waals surface area contributed by atoms with Crippen LogP contribution in [0.5, 0.6) is 0 Å². The topological polar surface area (TPSA) is 52.5 Å². The zero-order chi connectivity index (χ0) is 17.2. The fraction of sp³-hybridized carbons (Fsp3) is 0.278. The molecule has 0 saturated heterocycles. The number of para-hydroxylation sites is 1. The van der Waals surface area contributed by atoms with Crippen LogP contribution in [0.1, 0.15) is 18.1 Å². The molecule has 0 atom stereocenters. The first kappa shape index (κ1) is 17.9. The number of rotatable bonds is 9. The van der Waals surface area contributed by atoms with Gasteiger partial charge >= 0.3 is 0 Å². The van der Waals surface area contributed by atoms with Gasteiger partial charge in [-0.25, -0.2) is 14.8 Å². The van der Waals surface area contributed by atoms with E-state index < -0.39 is 0 Å². The molecule has 0 unspecified atom stereocenters. The minimum atomic E-state index is 0.135. The quantitative estimate of drug-likeness (QED) is 0.305. The lowest BCUT2D eigenvalue weighted by Gasteiger charge is -2.22. The number of nitrogens with zero attached hydrogens (tertiary/aromatic N) is 2. The maximum atomic E-state index is 5.51. The molecule has 0 N–H and O–H groups in total. The van der Waals surface area contributed by atoms with Gasteiger partial charge < -0.3 is 4.84 Å². The molecule has 0 bridgehead atoms. The molecule has 6 heteroatoms. The Kier molecular flexibility index (Phi) is 7.22. The van der Waals surface area contributed by atoms with Crippen LogP contribution < -0.4 is 5.06 Å². The Hall–Kier alpha value is -2.41.